The van der Waals surface area contributed by atoms with Crippen molar-refractivity contribution >= 4 is 69.5 Å². The monoisotopic (exact) mass is 769 g/mol. The molecular formula is C35H40BrN5O10. The average molecular weight is 771 g/mol. The Balaban J connectivity index is 0.000000188. The molecule has 4 aliphatic rings. The number of hydrogen-bond acceptors (Lipinski definition) is 11. The molecule has 4 N–H and O–H groups in total. The minimum absolute atomic E-state index is 0.197. The number of benzene rings is 2. The number of nitrogen functional groups attached to an aromatic ring is 1. The highest BCUT2D eigenvalue weighted by molar-refractivity contribution is 9.09. The fourth-order valence-corrected chi connectivity index (χ4v) is 6.19. The number of nitrogens with one attached hydrogen (secondary N) is 2. The molecule has 6 rings (SSSR count). The standard InChI is InChI=1S/C16H16N2O5.C13H13N3O3.C6H11BrO2/c19-9-23-7-6-10-2-1-3-11-12(10)8-18(16(11)22)13-4-5-14(20)17-15(13)21;14-9-3-1-2-7-8(9)6-16(13(7)19)10-4-5-11(17)15-12(10)18;1-6(2,3)9-5(8)4-7/h1-3,9,13H,4-8H2,(H,17,20,21);1-3,10H,4-6,14H2,(H,15,17,18);4H2,1-3H3. The Labute approximate surface area is 302 Å². The summed E-state index contributed by atoms with van der Waals surface area (Å²) in [6.45, 7) is 6.82. The lowest BCUT2D eigenvalue weighted by Crippen LogP contribution is -2.52. The van der Waals surface area contributed by atoms with Gasteiger partial charge in [-0.05, 0) is 62.9 Å². The van der Waals surface area contributed by atoms with Crippen LogP contribution in [0.3, 0.4) is 0 Å². The molecule has 4 aliphatic heterocycles. The number of piperidine rings is 2. The third kappa shape index (κ3) is 9.57. The van der Waals surface area contributed by atoms with E-state index in [4.69, 9.17) is 15.2 Å². The van der Waals surface area contributed by atoms with Crippen LogP contribution in [0.1, 0.15) is 83.9 Å². The average Bonchev–Trinajstić information content (AvgIpc) is 3.58. The maximum atomic E-state index is 12.6. The van der Waals surface area contributed by atoms with Gasteiger partial charge in [0.15, 0.2) is 0 Å². The Morgan fingerprint density at radius 1 is 0.863 bits per heavy atom. The lowest BCUT2D eigenvalue weighted by atomic mass is 10.0. The summed E-state index contributed by atoms with van der Waals surface area (Å²) in [5, 5.41) is 4.81. The first-order chi connectivity index (χ1) is 24.1. The molecule has 0 aliphatic carbocycles. The highest BCUT2D eigenvalue weighted by atomic mass is 79.9. The van der Waals surface area contributed by atoms with Gasteiger partial charge in [-0.1, -0.05) is 34.1 Å². The van der Waals surface area contributed by atoms with E-state index >= 15 is 0 Å². The van der Waals surface area contributed by atoms with Crippen LogP contribution >= 0.6 is 15.9 Å². The van der Waals surface area contributed by atoms with Crippen LogP contribution in [0.2, 0.25) is 0 Å². The summed E-state index contributed by atoms with van der Waals surface area (Å²) in [6.07, 6.45) is 1.71. The fraction of sp³-hybridized carbons (Fsp3) is 0.429. The van der Waals surface area contributed by atoms with Gasteiger partial charge in [-0.3, -0.25) is 49.0 Å². The summed E-state index contributed by atoms with van der Waals surface area (Å²) >= 11 is 2.99. The van der Waals surface area contributed by atoms with E-state index in [2.05, 4.69) is 26.6 Å². The minimum Gasteiger partial charge on any atom is -0.468 e. The Morgan fingerprint density at radius 2 is 1.37 bits per heavy atom. The number of anilines is 1. The molecule has 6 amide bonds. The number of carbonyl (C=O) groups excluding carboxylic acids is 8. The first kappa shape index (κ1) is 38.7. The van der Waals surface area contributed by atoms with Crippen molar-refractivity contribution in [3.63, 3.8) is 0 Å². The summed E-state index contributed by atoms with van der Waals surface area (Å²) in [4.78, 5) is 94.9. The number of nitrogens with two attached hydrogens (primary N) is 1. The molecule has 15 nitrogen and oxygen atoms in total. The van der Waals surface area contributed by atoms with Gasteiger partial charge in [-0.2, -0.15) is 0 Å². The maximum Gasteiger partial charge on any atom is 0.317 e. The smallest absolute Gasteiger partial charge is 0.317 e. The second-order valence-corrected chi connectivity index (χ2v) is 13.6. The Bertz CT molecular complexity index is 1740. The molecule has 2 aromatic carbocycles. The molecule has 0 saturated carbocycles. The normalized spacial score (nSPS) is 19.5. The third-order valence-electron chi connectivity index (χ3n) is 8.38. The molecule has 2 aromatic rings. The van der Waals surface area contributed by atoms with E-state index < -0.39 is 23.9 Å². The molecule has 2 atom stereocenters. The Kier molecular flexibility index (Phi) is 12.7. The van der Waals surface area contributed by atoms with Crippen molar-refractivity contribution in [2.75, 3.05) is 17.7 Å². The number of imide groups is 2. The topological polar surface area (TPSA) is 212 Å². The third-order valence-corrected chi connectivity index (χ3v) is 8.84. The second-order valence-electron chi connectivity index (χ2n) is 13.1. The number of amides is 6. The summed E-state index contributed by atoms with van der Waals surface area (Å²) < 4.78 is 9.62. The molecule has 0 spiro atoms. The number of ether oxygens (including phenoxy) is 2. The highest BCUT2D eigenvalue weighted by Crippen LogP contribution is 2.31. The Hall–Kier alpha value is -5.12. The molecular weight excluding hydrogens is 730 g/mol. The van der Waals surface area contributed by atoms with Crippen molar-refractivity contribution in [3.05, 3.63) is 64.2 Å². The van der Waals surface area contributed by atoms with Crippen LogP contribution in [-0.2, 0) is 57.8 Å². The van der Waals surface area contributed by atoms with Crippen LogP contribution in [0.25, 0.3) is 0 Å². The zero-order valence-electron chi connectivity index (χ0n) is 28.5. The van der Waals surface area contributed by atoms with Crippen molar-refractivity contribution in [2.45, 2.75) is 83.6 Å². The van der Waals surface area contributed by atoms with Gasteiger partial charge < -0.3 is 25.0 Å². The van der Waals surface area contributed by atoms with Crippen molar-refractivity contribution in [2.24, 2.45) is 0 Å². The number of fused-ring (bicyclic) bond motifs is 2. The van der Waals surface area contributed by atoms with E-state index in [1.165, 1.54) is 9.80 Å². The number of alkyl halides is 1. The molecule has 2 fully saturated rings. The number of carbonyl (C=O) groups is 8. The van der Waals surface area contributed by atoms with Crippen molar-refractivity contribution < 1.29 is 47.8 Å². The van der Waals surface area contributed by atoms with Crippen LogP contribution in [-0.4, -0.2) is 87.3 Å². The molecule has 0 bridgehead atoms. The van der Waals surface area contributed by atoms with Gasteiger partial charge in [0.25, 0.3) is 18.3 Å². The van der Waals surface area contributed by atoms with Gasteiger partial charge in [-0.25, -0.2) is 0 Å². The number of rotatable bonds is 7. The summed E-state index contributed by atoms with van der Waals surface area (Å²) in [5.41, 5.74) is 9.71. The van der Waals surface area contributed by atoms with Crippen LogP contribution in [0.15, 0.2) is 36.4 Å². The first-order valence-corrected chi connectivity index (χ1v) is 17.4. The molecule has 51 heavy (non-hydrogen) atoms. The van der Waals surface area contributed by atoms with Crippen molar-refractivity contribution in [1.29, 1.82) is 0 Å². The van der Waals surface area contributed by atoms with Gasteiger partial charge in [-0.15, -0.1) is 0 Å². The molecule has 4 heterocycles. The van der Waals surface area contributed by atoms with Gasteiger partial charge >= 0.3 is 5.97 Å². The number of esters is 1. The van der Waals surface area contributed by atoms with Gasteiger partial charge in [0.05, 0.1) is 6.61 Å². The second kappa shape index (κ2) is 16.7. The molecule has 272 valence electrons. The summed E-state index contributed by atoms with van der Waals surface area (Å²) in [7, 11) is 0. The van der Waals surface area contributed by atoms with Gasteiger partial charge in [0.1, 0.15) is 23.0 Å². The maximum absolute atomic E-state index is 12.6. The van der Waals surface area contributed by atoms with Crippen LogP contribution in [0.4, 0.5) is 5.69 Å². The van der Waals surface area contributed by atoms with E-state index in [0.717, 1.165) is 16.7 Å². The van der Waals surface area contributed by atoms with E-state index in [9.17, 15) is 38.4 Å². The van der Waals surface area contributed by atoms with Crippen LogP contribution in [0, 0.1) is 0 Å². The highest BCUT2D eigenvalue weighted by Gasteiger charge is 2.41. The van der Waals surface area contributed by atoms with Crippen molar-refractivity contribution in [3.8, 4) is 0 Å². The summed E-state index contributed by atoms with van der Waals surface area (Å²) in [6, 6.07) is 9.35. The SMILES string of the molecule is CC(C)(C)OC(=O)CBr.Nc1cccc2c1CN(C1CCC(=O)NC1=O)C2=O.O=COCCc1cccc2c1CN(C1CCC(=O)NC1=O)C2=O. The number of nitrogens with zero attached hydrogens (tertiary/aromatic N) is 2. The summed E-state index contributed by atoms with van der Waals surface area (Å²) in [5.74, 6) is -2.04. The lowest BCUT2D eigenvalue weighted by molar-refractivity contribution is -0.151. The first-order valence-electron chi connectivity index (χ1n) is 16.3. The van der Waals surface area contributed by atoms with Gasteiger partial charge in [0, 0.05) is 54.7 Å². The zero-order valence-corrected chi connectivity index (χ0v) is 30.1. The molecule has 0 aromatic heterocycles. The molecule has 2 saturated heterocycles. The molecule has 2 unspecified atom stereocenters. The van der Waals surface area contributed by atoms with Crippen molar-refractivity contribution in [1.82, 2.24) is 20.4 Å². The predicted molar refractivity (Wildman–Crippen MR) is 185 cm³/mol. The fourth-order valence-electron chi connectivity index (χ4n) is 6.08. The van der Waals surface area contributed by atoms with E-state index in [1.807, 2.05) is 26.8 Å². The lowest BCUT2D eigenvalue weighted by Gasteiger charge is -2.29. The van der Waals surface area contributed by atoms with E-state index in [1.54, 1.807) is 30.3 Å². The van der Waals surface area contributed by atoms with Gasteiger partial charge in [0.2, 0.25) is 23.6 Å². The molecule has 16 heteroatoms. The van der Waals surface area contributed by atoms with Crippen LogP contribution < -0.4 is 16.4 Å². The van der Waals surface area contributed by atoms with E-state index in [-0.39, 0.29) is 60.0 Å². The van der Waals surface area contributed by atoms with Crippen LogP contribution in [0.5, 0.6) is 0 Å². The Morgan fingerprint density at radius 3 is 1.82 bits per heavy atom. The predicted octanol–water partition coefficient (Wildman–Crippen LogP) is 1.92. The largest absolute Gasteiger partial charge is 0.468 e. The quantitative estimate of drug-likeness (QED) is 0.0925. The van der Waals surface area contributed by atoms with E-state index in [0.29, 0.717) is 55.6 Å². The minimum atomic E-state index is -0.619. The number of halogens is 1. The number of hydrogen-bond donors (Lipinski definition) is 3. The molecule has 0 radical (unpaired) electrons. The zero-order chi connectivity index (χ0) is 37.5.